The predicted octanol–water partition coefficient (Wildman–Crippen LogP) is 2.11. The molecule has 1 aliphatic rings. The summed E-state index contributed by atoms with van der Waals surface area (Å²) in [7, 11) is 0. The van der Waals surface area contributed by atoms with Crippen molar-refractivity contribution in [3.63, 3.8) is 0 Å². The maximum absolute atomic E-state index is 9.46. The monoisotopic (exact) mass is 298 g/mol. The highest BCUT2D eigenvalue weighted by Gasteiger charge is 2.30. The summed E-state index contributed by atoms with van der Waals surface area (Å²) >= 11 is 3.54. The highest BCUT2D eigenvalue weighted by Crippen LogP contribution is 2.32. The van der Waals surface area contributed by atoms with E-state index < -0.39 is 0 Å². The number of benzene rings is 1. The first-order chi connectivity index (χ1) is 8.17. The Morgan fingerprint density at radius 1 is 1.53 bits per heavy atom. The van der Waals surface area contributed by atoms with Gasteiger partial charge in [-0.2, -0.15) is 0 Å². The number of anilines is 1. The summed E-state index contributed by atoms with van der Waals surface area (Å²) < 4.78 is 1.05. The highest BCUT2D eigenvalue weighted by molar-refractivity contribution is 9.10. The van der Waals surface area contributed by atoms with Gasteiger partial charge in [0.2, 0.25) is 0 Å². The van der Waals surface area contributed by atoms with Crippen LogP contribution in [0.3, 0.4) is 0 Å². The number of halogens is 1. The summed E-state index contributed by atoms with van der Waals surface area (Å²) in [5.41, 5.74) is 7.92. The fraction of sp³-hybridized carbons (Fsp3) is 0.538. The van der Waals surface area contributed by atoms with Crippen molar-refractivity contribution in [2.24, 2.45) is 11.7 Å². The maximum atomic E-state index is 9.46. The Hall–Kier alpha value is -0.580. The molecule has 0 spiro atoms. The van der Waals surface area contributed by atoms with Crippen LogP contribution in [0.1, 0.15) is 18.9 Å². The lowest BCUT2D eigenvalue weighted by atomic mass is 10.0. The van der Waals surface area contributed by atoms with Crippen LogP contribution in [0.25, 0.3) is 0 Å². The first-order valence-corrected chi connectivity index (χ1v) is 6.82. The molecular weight excluding hydrogens is 280 g/mol. The normalized spacial score (nSPS) is 24.4. The second-order valence-electron chi connectivity index (χ2n) is 4.69. The van der Waals surface area contributed by atoms with Crippen LogP contribution >= 0.6 is 15.9 Å². The summed E-state index contributed by atoms with van der Waals surface area (Å²) in [5.74, 6) is 0.549. The van der Waals surface area contributed by atoms with Gasteiger partial charge in [0.15, 0.2) is 0 Å². The van der Waals surface area contributed by atoms with Crippen molar-refractivity contribution < 1.29 is 5.11 Å². The molecule has 3 N–H and O–H groups in total. The number of aliphatic hydroxyl groups is 1. The first kappa shape index (κ1) is 12.9. The van der Waals surface area contributed by atoms with Gasteiger partial charge in [-0.3, -0.25) is 0 Å². The van der Waals surface area contributed by atoms with E-state index in [1.807, 2.05) is 0 Å². The fourth-order valence-electron chi connectivity index (χ4n) is 2.49. The minimum Gasteiger partial charge on any atom is -0.394 e. The SMILES string of the molecule is CC1CCN(c2ccc(CN)c(Br)c2)C1CO. The second kappa shape index (κ2) is 5.38. The molecule has 1 aliphatic heterocycles. The average Bonchev–Trinajstić information content (AvgIpc) is 2.70. The van der Waals surface area contributed by atoms with Gasteiger partial charge in [0, 0.05) is 23.2 Å². The largest absolute Gasteiger partial charge is 0.394 e. The number of hydrogen-bond donors (Lipinski definition) is 2. The minimum atomic E-state index is 0.220. The predicted molar refractivity (Wildman–Crippen MR) is 74.0 cm³/mol. The molecule has 17 heavy (non-hydrogen) atoms. The van der Waals surface area contributed by atoms with Crippen molar-refractivity contribution in [2.45, 2.75) is 25.9 Å². The molecular formula is C13H19BrN2O. The van der Waals surface area contributed by atoms with Crippen LogP contribution in [0.4, 0.5) is 5.69 Å². The summed E-state index contributed by atoms with van der Waals surface area (Å²) in [4.78, 5) is 2.29. The highest BCUT2D eigenvalue weighted by atomic mass is 79.9. The molecule has 0 bridgehead atoms. The molecule has 3 nitrogen and oxygen atoms in total. The molecule has 2 unspecified atom stereocenters. The quantitative estimate of drug-likeness (QED) is 0.899. The molecule has 4 heteroatoms. The molecule has 1 saturated heterocycles. The third-order valence-corrected chi connectivity index (χ3v) is 4.40. The van der Waals surface area contributed by atoms with Crippen molar-refractivity contribution in [3.8, 4) is 0 Å². The number of nitrogens with two attached hydrogens (primary N) is 1. The van der Waals surface area contributed by atoms with Crippen LogP contribution in [0.15, 0.2) is 22.7 Å². The van der Waals surface area contributed by atoms with Crippen molar-refractivity contribution in [3.05, 3.63) is 28.2 Å². The molecule has 2 atom stereocenters. The average molecular weight is 299 g/mol. The van der Waals surface area contributed by atoms with Crippen LogP contribution in [0.2, 0.25) is 0 Å². The van der Waals surface area contributed by atoms with Crippen LogP contribution in [-0.2, 0) is 6.54 Å². The summed E-state index contributed by atoms with van der Waals surface area (Å²) in [6.45, 7) is 3.98. The van der Waals surface area contributed by atoms with Gasteiger partial charge in [-0.15, -0.1) is 0 Å². The standard InChI is InChI=1S/C13H19BrN2O/c1-9-4-5-16(13(9)8-17)11-3-2-10(7-15)12(14)6-11/h2-3,6,9,13,17H,4-5,7-8,15H2,1H3. The molecule has 0 aliphatic carbocycles. The smallest absolute Gasteiger partial charge is 0.0637 e. The lowest BCUT2D eigenvalue weighted by Gasteiger charge is -2.27. The topological polar surface area (TPSA) is 49.5 Å². The van der Waals surface area contributed by atoms with Crippen LogP contribution < -0.4 is 10.6 Å². The maximum Gasteiger partial charge on any atom is 0.0637 e. The Morgan fingerprint density at radius 3 is 2.88 bits per heavy atom. The first-order valence-electron chi connectivity index (χ1n) is 6.03. The van der Waals surface area contributed by atoms with Crippen LogP contribution in [-0.4, -0.2) is 24.3 Å². The zero-order valence-corrected chi connectivity index (χ0v) is 11.7. The molecule has 0 aromatic heterocycles. The van der Waals surface area contributed by atoms with Crippen molar-refractivity contribution in [2.75, 3.05) is 18.1 Å². The third kappa shape index (κ3) is 2.49. The zero-order valence-electron chi connectivity index (χ0n) is 10.1. The molecule has 0 radical (unpaired) electrons. The van der Waals surface area contributed by atoms with Gasteiger partial charge in [0.25, 0.3) is 0 Å². The van der Waals surface area contributed by atoms with E-state index in [2.05, 4.69) is 46.0 Å². The Bertz CT molecular complexity index is 397. The number of nitrogens with zero attached hydrogens (tertiary/aromatic N) is 1. The van der Waals surface area contributed by atoms with Crippen molar-refractivity contribution in [1.29, 1.82) is 0 Å². The Morgan fingerprint density at radius 2 is 2.29 bits per heavy atom. The molecule has 1 heterocycles. The van der Waals surface area contributed by atoms with E-state index in [0.29, 0.717) is 12.5 Å². The van der Waals surface area contributed by atoms with Gasteiger partial charge >= 0.3 is 0 Å². The molecule has 0 amide bonds. The summed E-state index contributed by atoms with van der Waals surface area (Å²) in [6.07, 6.45) is 1.14. The van der Waals surface area contributed by atoms with Crippen LogP contribution in [0.5, 0.6) is 0 Å². The van der Waals surface area contributed by atoms with E-state index in [1.54, 1.807) is 0 Å². The summed E-state index contributed by atoms with van der Waals surface area (Å²) in [6, 6.07) is 6.48. The van der Waals surface area contributed by atoms with E-state index in [-0.39, 0.29) is 12.6 Å². The van der Waals surface area contributed by atoms with E-state index in [0.717, 1.165) is 28.7 Å². The van der Waals surface area contributed by atoms with Gasteiger partial charge in [-0.25, -0.2) is 0 Å². The Kier molecular flexibility index (Phi) is 4.07. The summed E-state index contributed by atoms with van der Waals surface area (Å²) in [5, 5.41) is 9.46. The molecule has 1 fully saturated rings. The van der Waals surface area contributed by atoms with E-state index in [4.69, 9.17) is 5.73 Å². The van der Waals surface area contributed by atoms with E-state index in [1.165, 1.54) is 0 Å². The van der Waals surface area contributed by atoms with Crippen molar-refractivity contribution in [1.82, 2.24) is 0 Å². The van der Waals surface area contributed by atoms with Gasteiger partial charge < -0.3 is 15.7 Å². The van der Waals surface area contributed by atoms with E-state index in [9.17, 15) is 5.11 Å². The lowest BCUT2D eigenvalue weighted by Crippen LogP contribution is -2.35. The van der Waals surface area contributed by atoms with Crippen molar-refractivity contribution >= 4 is 21.6 Å². The number of aliphatic hydroxyl groups excluding tert-OH is 1. The fourth-order valence-corrected chi connectivity index (χ4v) is 3.02. The Balaban J connectivity index is 2.25. The lowest BCUT2D eigenvalue weighted by molar-refractivity contribution is 0.245. The van der Waals surface area contributed by atoms with Gasteiger partial charge in [-0.05, 0) is 30.0 Å². The van der Waals surface area contributed by atoms with Gasteiger partial charge in [0.1, 0.15) is 0 Å². The molecule has 1 aromatic rings. The van der Waals surface area contributed by atoms with Gasteiger partial charge in [-0.1, -0.05) is 28.9 Å². The van der Waals surface area contributed by atoms with E-state index >= 15 is 0 Å². The number of rotatable bonds is 3. The minimum absolute atomic E-state index is 0.220. The second-order valence-corrected chi connectivity index (χ2v) is 5.54. The zero-order chi connectivity index (χ0) is 12.4. The molecule has 0 saturated carbocycles. The third-order valence-electron chi connectivity index (χ3n) is 3.66. The molecule has 1 aromatic carbocycles. The Labute approximate surface area is 111 Å². The molecule has 94 valence electrons. The van der Waals surface area contributed by atoms with Gasteiger partial charge in [0.05, 0.1) is 12.6 Å². The molecule has 2 rings (SSSR count). The van der Waals surface area contributed by atoms with Crippen LogP contribution in [0, 0.1) is 5.92 Å². The number of hydrogen-bond acceptors (Lipinski definition) is 3.